The second kappa shape index (κ2) is 38.3. The van der Waals surface area contributed by atoms with Crippen LogP contribution in [0.4, 0.5) is 4.79 Å². The Labute approximate surface area is 737 Å². The number of carbonyl (C=O) groups excluding carboxylic acids is 7. The van der Waals surface area contributed by atoms with Crippen molar-refractivity contribution < 1.29 is 150 Å². The lowest BCUT2D eigenvalue weighted by atomic mass is 9.46. The van der Waals surface area contributed by atoms with Crippen molar-refractivity contribution in [3.63, 3.8) is 0 Å². The van der Waals surface area contributed by atoms with E-state index >= 15 is 0 Å². The van der Waals surface area contributed by atoms with Crippen LogP contribution in [-0.2, 0) is 85.5 Å². The molecule has 2 aromatic carbocycles. The predicted molar refractivity (Wildman–Crippen MR) is 446 cm³/mol. The standard InChI is InChI=1S/C95H134O31/c1-47(2)15-29-67(98)49(5)94(109)73(121-87-81(117-51(7)96)77(71(102)45-115-87)125-85-79(75(104)69(100)43-113-85)123-83(106)53-17-23-57(111-13)24-18-53)41-65-61-27-21-55-39-59(31-35-90(55,9)63(61)33-37-92(65,94)11)119-89(108)120-60-32-36-91(10)56(40-60)22-28-62-64(91)34-38-93(12)66(62)42-74(95(93,110)50(6)68(99)30-16-48(3)4)122-88-82(118-52(8)97)78(72(103)46-116-88)126-86-80(76(105)70(101)44-114-86)124-84(107)54-19-25-58(112-14)26-20-54/h17-26,47-50,59-66,69-82,85-88,100-105,109-110H,15-16,27-46H2,1-14H3/t49-,50-,59-,60+,61-,62-,63?,64?,65+,66+,69?,70?,71?,72?,73+,74+,75?,76?,77?,78?,79?,80?,81?,82?,85?,86?,87?,88?,90+,91+,92+,93+,94-,95-/m1/s1. The Bertz CT molecular complexity index is 4000. The molecule has 4 aliphatic heterocycles. The Hall–Kier alpha value is -6.63. The van der Waals surface area contributed by atoms with Crippen molar-refractivity contribution in [2.75, 3.05) is 40.6 Å². The van der Waals surface area contributed by atoms with Gasteiger partial charge in [-0.1, -0.05) is 92.5 Å². The summed E-state index contributed by atoms with van der Waals surface area (Å²) in [4.78, 5) is 97.3. The van der Waals surface area contributed by atoms with E-state index < -0.39 is 213 Å². The number of fused-ring (bicyclic) bond motifs is 10. The highest BCUT2D eigenvalue weighted by atomic mass is 16.8. The summed E-state index contributed by atoms with van der Waals surface area (Å²) in [5, 5.41) is 95.6. The molecule has 4 heterocycles. The molecule has 31 nitrogen and oxygen atoms in total. The van der Waals surface area contributed by atoms with Crippen molar-refractivity contribution in [2.45, 2.75) is 333 Å². The number of rotatable bonds is 28. The molecule has 126 heavy (non-hydrogen) atoms. The number of ketones is 2. The SMILES string of the molecule is COc1ccc(C(=O)OC2C(OC3C(O)COC(O[C@H]4C[C@H]5[C@@H]6CC=C7C[C@H](OC(=O)O[C@H]8CC[C@@]9(C)C(=CC[C@@H]%10C9CC[C@@]9(C)[C@H]%10C[C@H](OC%10OCC(O)C(OC%11OCC(O)C(O)C%11OC(=O)c%11ccc(OC)cc%11)C%10OC(C)=O)[C@]9(O)[C@H](C)C(=O)CCC(C)C)C8)CC[C@]7(C)C6CC[C@]5(C)[C@@]4(O)[C@H](C)C(=O)CCC(C)C)C3OC(C)=O)OCC(O)C2O)cc1. The molecule has 10 fully saturated rings. The van der Waals surface area contributed by atoms with Crippen LogP contribution in [0.15, 0.2) is 71.8 Å². The van der Waals surface area contributed by atoms with E-state index in [1.54, 1.807) is 38.1 Å². The number of aliphatic hydroxyl groups is 8. The number of hydrogen-bond donors (Lipinski definition) is 8. The highest BCUT2D eigenvalue weighted by Gasteiger charge is 2.73. The third-order valence-corrected chi connectivity index (χ3v) is 32.0. The van der Waals surface area contributed by atoms with E-state index in [4.69, 9.17) is 75.8 Å². The number of carbonyl (C=O) groups is 7. The molecule has 4 saturated heterocycles. The summed E-state index contributed by atoms with van der Waals surface area (Å²) in [6.07, 6.45) is -15.2. The van der Waals surface area contributed by atoms with Gasteiger partial charge in [0, 0.05) is 62.2 Å². The molecule has 8 aliphatic carbocycles. The molecule has 8 N–H and O–H groups in total. The number of benzene rings is 2. The fraction of sp³-hybridized carbons (Fsp3) is 0.758. The molecule has 12 aliphatic rings. The first-order chi connectivity index (χ1) is 59.7. The van der Waals surface area contributed by atoms with E-state index in [9.17, 15) is 74.4 Å². The minimum absolute atomic E-state index is 0.00143. The minimum Gasteiger partial charge on any atom is -0.497 e. The first kappa shape index (κ1) is 95.5. The molecule has 2 aromatic rings. The Morgan fingerprint density at radius 1 is 0.429 bits per heavy atom. The minimum atomic E-state index is -1.81. The number of allylic oxidation sites excluding steroid dienone is 2. The van der Waals surface area contributed by atoms with Gasteiger partial charge in [-0.15, -0.1) is 0 Å². The quantitative estimate of drug-likeness (QED) is 0.0223. The van der Waals surface area contributed by atoms with Gasteiger partial charge < -0.3 is 117 Å². The summed E-state index contributed by atoms with van der Waals surface area (Å²) in [5.41, 5.74) is -3.55. The third kappa shape index (κ3) is 18.2. The summed E-state index contributed by atoms with van der Waals surface area (Å²) < 4.78 is 97.6. The zero-order valence-corrected chi connectivity index (χ0v) is 75.1. The van der Waals surface area contributed by atoms with Crippen LogP contribution < -0.4 is 9.47 Å². The van der Waals surface area contributed by atoms with E-state index in [1.807, 2.05) is 27.7 Å². The number of Topliss-reactive ketones (excluding diaryl/α,β-unsaturated/α-hetero) is 2. The van der Waals surface area contributed by atoms with Crippen LogP contribution >= 0.6 is 0 Å². The van der Waals surface area contributed by atoms with Crippen LogP contribution in [0.3, 0.4) is 0 Å². The van der Waals surface area contributed by atoms with E-state index in [-0.39, 0.29) is 107 Å². The van der Waals surface area contributed by atoms with Gasteiger partial charge in [-0.05, 0) is 197 Å². The average molecular weight is 1770 g/mol. The normalized spacial score (nSPS) is 41.7. The van der Waals surface area contributed by atoms with Crippen LogP contribution in [0, 0.1) is 80.8 Å². The van der Waals surface area contributed by atoms with Crippen molar-refractivity contribution >= 4 is 41.6 Å². The molecule has 6 saturated carbocycles. The molecule has 0 radical (unpaired) electrons. The maximum absolute atomic E-state index is 14.7. The molecule has 0 spiro atoms. The molecule has 700 valence electrons. The fourth-order valence-corrected chi connectivity index (χ4v) is 24.7. The van der Waals surface area contributed by atoms with E-state index in [1.165, 1.54) is 49.6 Å². The maximum Gasteiger partial charge on any atom is 0.508 e. The van der Waals surface area contributed by atoms with Gasteiger partial charge in [0.15, 0.2) is 49.6 Å². The average Bonchev–Trinajstić information content (AvgIpc) is 1.51. The Morgan fingerprint density at radius 2 is 0.778 bits per heavy atom. The second-order valence-corrected chi connectivity index (χ2v) is 39.9. The van der Waals surface area contributed by atoms with Gasteiger partial charge in [0.05, 0.1) is 64.0 Å². The van der Waals surface area contributed by atoms with E-state index in [2.05, 4.69) is 39.8 Å². The summed E-state index contributed by atoms with van der Waals surface area (Å²) in [7, 11) is 2.94. The summed E-state index contributed by atoms with van der Waals surface area (Å²) in [6.45, 7) is 20.9. The van der Waals surface area contributed by atoms with Crippen molar-refractivity contribution in [1.82, 2.24) is 0 Å². The first-order valence-corrected chi connectivity index (χ1v) is 45.7. The van der Waals surface area contributed by atoms with Crippen LogP contribution in [0.1, 0.15) is 219 Å². The largest absolute Gasteiger partial charge is 0.508 e. The zero-order chi connectivity index (χ0) is 90.8. The van der Waals surface area contributed by atoms with Gasteiger partial charge in [0.25, 0.3) is 0 Å². The van der Waals surface area contributed by atoms with Gasteiger partial charge in [-0.25, -0.2) is 14.4 Å². The number of aliphatic hydroxyl groups excluding tert-OH is 6. The lowest BCUT2D eigenvalue weighted by Crippen LogP contribution is -2.64. The molecule has 18 unspecified atom stereocenters. The van der Waals surface area contributed by atoms with Crippen molar-refractivity contribution in [3.05, 3.63) is 83.0 Å². The van der Waals surface area contributed by atoms with Crippen molar-refractivity contribution in [3.8, 4) is 11.5 Å². The molecule has 0 bridgehead atoms. The third-order valence-electron chi connectivity index (χ3n) is 32.0. The molecule has 0 aromatic heterocycles. The molecule has 0 amide bonds. The summed E-state index contributed by atoms with van der Waals surface area (Å²) >= 11 is 0. The number of ether oxygens (including phenoxy) is 16. The van der Waals surface area contributed by atoms with Crippen LogP contribution in [0.2, 0.25) is 0 Å². The Kier molecular flexibility index (Phi) is 29.0. The van der Waals surface area contributed by atoms with Gasteiger partial charge in [0.2, 0.25) is 0 Å². The number of methoxy groups -OCH3 is 2. The fourth-order valence-electron chi connectivity index (χ4n) is 24.7. The van der Waals surface area contributed by atoms with Gasteiger partial charge >= 0.3 is 30.0 Å². The highest BCUT2D eigenvalue weighted by molar-refractivity contribution is 5.90. The Morgan fingerprint density at radius 3 is 1.12 bits per heavy atom. The topological polar surface area (TPSA) is 429 Å². The lowest BCUT2D eigenvalue weighted by Gasteiger charge is -2.59. The van der Waals surface area contributed by atoms with Crippen LogP contribution in [0.5, 0.6) is 11.5 Å². The second-order valence-electron chi connectivity index (χ2n) is 39.9. The first-order valence-electron chi connectivity index (χ1n) is 45.7. The summed E-state index contributed by atoms with van der Waals surface area (Å²) in [6, 6.07) is 12.0. The smallest absolute Gasteiger partial charge is 0.497 e. The lowest BCUT2D eigenvalue weighted by molar-refractivity contribution is -0.345. The van der Waals surface area contributed by atoms with E-state index in [0.717, 1.165) is 13.8 Å². The van der Waals surface area contributed by atoms with Gasteiger partial charge in [0.1, 0.15) is 95.3 Å². The molecular weight excluding hydrogens is 1640 g/mol. The van der Waals surface area contributed by atoms with Crippen molar-refractivity contribution in [1.29, 1.82) is 0 Å². The Balaban J connectivity index is 0.643. The highest BCUT2D eigenvalue weighted by Crippen LogP contribution is 2.72. The number of hydrogen-bond acceptors (Lipinski definition) is 31. The maximum atomic E-state index is 14.7. The monoisotopic (exact) mass is 1770 g/mol. The number of esters is 4. The van der Waals surface area contributed by atoms with Crippen LogP contribution in [0.25, 0.3) is 0 Å². The molecular formula is C95H134O31. The van der Waals surface area contributed by atoms with Crippen molar-refractivity contribution in [2.24, 2.45) is 80.8 Å². The van der Waals surface area contributed by atoms with Crippen LogP contribution in [-0.4, -0.2) is 257 Å². The molecule has 31 heteroatoms. The van der Waals surface area contributed by atoms with Gasteiger partial charge in [-0.3, -0.25) is 19.2 Å². The molecule has 14 rings (SSSR count). The van der Waals surface area contributed by atoms with E-state index in [0.29, 0.717) is 101 Å². The van der Waals surface area contributed by atoms with Gasteiger partial charge in [-0.2, -0.15) is 0 Å². The summed E-state index contributed by atoms with van der Waals surface area (Å²) in [5.74, 6) is -4.42. The molecule has 34 atom stereocenters. The predicted octanol–water partition coefficient (Wildman–Crippen LogP) is 9.23. The zero-order valence-electron chi connectivity index (χ0n) is 75.1.